The minimum absolute atomic E-state index is 0.0275. The normalized spacial score (nSPS) is 13.8. The van der Waals surface area contributed by atoms with Gasteiger partial charge in [-0.3, -0.25) is 18.6 Å². The van der Waals surface area contributed by atoms with Gasteiger partial charge in [0.1, 0.15) is 19.8 Å². The first-order valence-electron chi connectivity index (χ1n) is 30.7. The van der Waals surface area contributed by atoms with Crippen molar-refractivity contribution in [3.05, 3.63) is 72.9 Å². The van der Waals surface area contributed by atoms with E-state index in [9.17, 15) is 19.0 Å². The van der Waals surface area contributed by atoms with Crippen LogP contribution in [0.15, 0.2) is 72.9 Å². The Hall–Kier alpha value is -2.55. The molecule has 0 saturated heterocycles. The number of hydrogen-bond acceptors (Lipinski definition) is 7. The summed E-state index contributed by atoms with van der Waals surface area (Å²) < 4.78 is 34.6. The second-order valence-electron chi connectivity index (χ2n) is 21.7. The molecule has 9 nitrogen and oxygen atoms in total. The van der Waals surface area contributed by atoms with Crippen LogP contribution in [0.25, 0.3) is 0 Å². The molecule has 430 valence electrons. The number of unbranched alkanes of at least 4 members (excludes halogenated alkanes) is 30. The van der Waals surface area contributed by atoms with Crippen LogP contribution in [0.2, 0.25) is 0 Å². The number of nitrogens with zero attached hydrogens (tertiary/aromatic N) is 1. The van der Waals surface area contributed by atoms with Crippen molar-refractivity contribution in [2.24, 2.45) is 0 Å². The third kappa shape index (κ3) is 58.7. The maximum atomic E-state index is 12.8. The first-order valence-corrected chi connectivity index (χ1v) is 32.2. The van der Waals surface area contributed by atoms with E-state index in [2.05, 4.69) is 86.8 Å². The molecule has 0 aliphatic rings. The van der Waals surface area contributed by atoms with E-state index in [1.54, 1.807) is 0 Å². The summed E-state index contributed by atoms with van der Waals surface area (Å²) in [5.74, 6) is -0.807. The number of phosphoric acid groups is 1. The SMILES string of the molecule is CCCCC/C=C\C/C=C\C/C=C\CCCCCCCCC(=O)OCC(COP(=O)(O)OCC[N+](C)(C)C)OC(=O)CCCCCCCCCCCCCCCCCC/C=C\C/C=C\C/C=C\CCCCCCC. The van der Waals surface area contributed by atoms with Crippen LogP contribution in [0.4, 0.5) is 0 Å². The van der Waals surface area contributed by atoms with E-state index in [-0.39, 0.29) is 32.0 Å². The zero-order chi connectivity index (χ0) is 54.2. The average molecular weight is 1060 g/mol. The Bertz CT molecular complexity index is 1480. The fraction of sp³-hybridized carbons (Fsp3) is 0.781. The summed E-state index contributed by atoms with van der Waals surface area (Å²) in [6.45, 7) is 4.40. The van der Waals surface area contributed by atoms with Crippen molar-refractivity contribution in [3.63, 3.8) is 0 Å². The van der Waals surface area contributed by atoms with Gasteiger partial charge in [0.15, 0.2) is 6.10 Å². The lowest BCUT2D eigenvalue weighted by Gasteiger charge is -2.24. The van der Waals surface area contributed by atoms with Crippen LogP contribution in [0.3, 0.4) is 0 Å². The van der Waals surface area contributed by atoms with Gasteiger partial charge in [-0.05, 0) is 89.9 Å². The summed E-state index contributed by atoms with van der Waals surface area (Å²) in [6.07, 6.45) is 72.6. The van der Waals surface area contributed by atoms with E-state index in [0.29, 0.717) is 17.4 Å². The molecule has 2 unspecified atom stereocenters. The molecule has 0 rings (SSSR count). The van der Waals surface area contributed by atoms with E-state index < -0.39 is 26.5 Å². The summed E-state index contributed by atoms with van der Waals surface area (Å²) in [6, 6.07) is 0. The van der Waals surface area contributed by atoms with Gasteiger partial charge in [-0.1, -0.05) is 241 Å². The van der Waals surface area contributed by atoms with Gasteiger partial charge in [-0.25, -0.2) is 4.57 Å². The third-order valence-corrected chi connectivity index (χ3v) is 14.2. The van der Waals surface area contributed by atoms with E-state index in [1.165, 1.54) is 167 Å². The molecule has 0 spiro atoms. The van der Waals surface area contributed by atoms with Crippen molar-refractivity contribution < 1.29 is 42.1 Å². The fourth-order valence-corrected chi connectivity index (χ4v) is 9.18. The Kier molecular flexibility index (Phi) is 53.3. The van der Waals surface area contributed by atoms with Crippen LogP contribution >= 0.6 is 7.82 Å². The van der Waals surface area contributed by atoms with Gasteiger partial charge in [-0.15, -0.1) is 0 Å². The van der Waals surface area contributed by atoms with E-state index in [1.807, 2.05) is 21.1 Å². The number of rotatable bonds is 56. The van der Waals surface area contributed by atoms with E-state index >= 15 is 0 Å². The molecule has 0 aliphatic carbocycles. The topological polar surface area (TPSA) is 108 Å². The number of esters is 2. The summed E-state index contributed by atoms with van der Waals surface area (Å²) in [5, 5.41) is 0. The molecule has 10 heteroatoms. The van der Waals surface area contributed by atoms with Crippen molar-refractivity contribution >= 4 is 19.8 Å². The van der Waals surface area contributed by atoms with Gasteiger partial charge in [0.2, 0.25) is 0 Å². The monoisotopic (exact) mass is 1060 g/mol. The molecule has 0 bridgehead atoms. The number of allylic oxidation sites excluding steroid dienone is 12. The minimum Gasteiger partial charge on any atom is -0.462 e. The number of hydrogen-bond donors (Lipinski definition) is 1. The first kappa shape index (κ1) is 71.5. The van der Waals surface area contributed by atoms with Gasteiger partial charge in [0, 0.05) is 12.8 Å². The molecule has 0 fully saturated rings. The summed E-state index contributed by atoms with van der Waals surface area (Å²) in [5.41, 5.74) is 0. The maximum absolute atomic E-state index is 12.8. The Morgan fingerprint density at radius 2 is 0.730 bits per heavy atom. The molecule has 0 amide bonds. The van der Waals surface area contributed by atoms with Crippen molar-refractivity contribution in [1.82, 2.24) is 0 Å². The number of carbonyl (C=O) groups is 2. The zero-order valence-electron chi connectivity index (χ0n) is 48.8. The van der Waals surface area contributed by atoms with Gasteiger partial charge >= 0.3 is 19.8 Å². The van der Waals surface area contributed by atoms with Crippen LogP contribution in [0.1, 0.15) is 271 Å². The molecular weight excluding hydrogens is 942 g/mol. The van der Waals surface area contributed by atoms with Crippen LogP contribution in [-0.2, 0) is 32.7 Å². The summed E-state index contributed by atoms with van der Waals surface area (Å²) in [7, 11) is 1.47. The molecule has 0 aromatic rings. The number of likely N-dealkylation sites (N-methyl/N-ethyl adjacent to an activating group) is 1. The molecule has 0 radical (unpaired) electrons. The van der Waals surface area contributed by atoms with Gasteiger partial charge in [-0.2, -0.15) is 0 Å². The van der Waals surface area contributed by atoms with E-state index in [4.69, 9.17) is 18.5 Å². The molecule has 0 aromatic heterocycles. The van der Waals surface area contributed by atoms with Crippen molar-refractivity contribution in [3.8, 4) is 0 Å². The van der Waals surface area contributed by atoms with Crippen molar-refractivity contribution in [1.29, 1.82) is 0 Å². The third-order valence-electron chi connectivity index (χ3n) is 13.2. The van der Waals surface area contributed by atoms with Gasteiger partial charge in [0.05, 0.1) is 27.7 Å². The number of phosphoric ester groups is 1. The lowest BCUT2D eigenvalue weighted by molar-refractivity contribution is -0.870. The number of ether oxygens (including phenoxy) is 2. The molecule has 0 saturated carbocycles. The molecular formula is C64H117NO8P+. The lowest BCUT2D eigenvalue weighted by Crippen LogP contribution is -2.37. The molecule has 0 aromatic carbocycles. The van der Waals surface area contributed by atoms with Crippen LogP contribution < -0.4 is 0 Å². The lowest BCUT2D eigenvalue weighted by atomic mass is 10.0. The predicted octanol–water partition coefficient (Wildman–Crippen LogP) is 19.3. The smallest absolute Gasteiger partial charge is 0.462 e. The summed E-state index contributed by atoms with van der Waals surface area (Å²) >= 11 is 0. The quantitative estimate of drug-likeness (QED) is 0.0211. The maximum Gasteiger partial charge on any atom is 0.472 e. The Labute approximate surface area is 457 Å². The van der Waals surface area contributed by atoms with Crippen LogP contribution in [0.5, 0.6) is 0 Å². The largest absolute Gasteiger partial charge is 0.472 e. The fourth-order valence-electron chi connectivity index (χ4n) is 8.44. The van der Waals surface area contributed by atoms with E-state index in [0.717, 1.165) is 70.6 Å². The molecule has 1 N–H and O–H groups in total. The standard InChI is InChI=1S/C64H116NO8P/c1-6-8-10-12-14-16-18-20-22-24-26-27-28-29-30-31-32-33-34-35-36-37-39-41-43-45-47-49-51-53-55-57-64(67)73-62(61-72-74(68,69)71-59-58-65(3,4)5)60-70-63(66)56-54-52-50-48-46-44-42-40-38-25-23-21-19-17-15-13-11-9-7-2/h15,17-18,20-21,23-24,26,28-29,38,40,62H,6-14,16,19,22,25,27,30-37,39,41-61H2,1-5H3/p+1/b17-15-,20-18-,23-21-,26-24-,29-28-,40-38-. The Balaban J connectivity index is 4.11. The predicted molar refractivity (Wildman–Crippen MR) is 316 cm³/mol. The highest BCUT2D eigenvalue weighted by atomic mass is 31.2. The second kappa shape index (κ2) is 55.2. The zero-order valence-corrected chi connectivity index (χ0v) is 49.7. The molecule has 74 heavy (non-hydrogen) atoms. The number of quaternary nitrogens is 1. The minimum atomic E-state index is -4.39. The molecule has 2 atom stereocenters. The Morgan fingerprint density at radius 1 is 0.419 bits per heavy atom. The highest BCUT2D eigenvalue weighted by Crippen LogP contribution is 2.43. The van der Waals surface area contributed by atoms with Gasteiger partial charge in [0.25, 0.3) is 0 Å². The molecule has 0 heterocycles. The number of carbonyl (C=O) groups excluding carboxylic acids is 2. The second-order valence-corrected chi connectivity index (χ2v) is 23.2. The average Bonchev–Trinajstić information content (AvgIpc) is 3.36. The molecule has 0 aliphatic heterocycles. The highest BCUT2D eigenvalue weighted by molar-refractivity contribution is 7.47. The van der Waals surface area contributed by atoms with Crippen molar-refractivity contribution in [2.75, 3.05) is 47.5 Å². The first-order chi connectivity index (χ1) is 36.0. The van der Waals surface area contributed by atoms with Crippen LogP contribution in [-0.4, -0.2) is 74.9 Å². The highest BCUT2D eigenvalue weighted by Gasteiger charge is 2.27. The van der Waals surface area contributed by atoms with Crippen molar-refractivity contribution in [2.45, 2.75) is 277 Å². The Morgan fingerprint density at radius 3 is 1.11 bits per heavy atom. The van der Waals surface area contributed by atoms with Gasteiger partial charge < -0.3 is 18.9 Å². The summed E-state index contributed by atoms with van der Waals surface area (Å²) in [4.78, 5) is 35.7. The van der Waals surface area contributed by atoms with Crippen LogP contribution in [0, 0.1) is 0 Å².